The van der Waals surface area contributed by atoms with Gasteiger partial charge in [0.2, 0.25) is 0 Å². The van der Waals surface area contributed by atoms with Crippen LogP contribution in [0.15, 0.2) is 35.8 Å². The van der Waals surface area contributed by atoms with Crippen molar-refractivity contribution in [3.63, 3.8) is 0 Å². The second kappa shape index (κ2) is 7.04. The number of thiazole rings is 1. The molecule has 0 aliphatic carbocycles. The van der Waals surface area contributed by atoms with Crippen molar-refractivity contribution in [3.05, 3.63) is 46.4 Å². The van der Waals surface area contributed by atoms with Crippen LogP contribution in [0, 0.1) is 0 Å². The number of carbonyl (C=O) groups excluding carboxylic acids is 2. The average Bonchev–Trinajstić information content (AvgIpc) is 3.05. The summed E-state index contributed by atoms with van der Waals surface area (Å²) in [5.74, 6) is -0.160. The number of hydrogen-bond acceptors (Lipinski definition) is 5. The Labute approximate surface area is 132 Å². The van der Waals surface area contributed by atoms with E-state index in [1.807, 2.05) is 12.3 Å². The van der Waals surface area contributed by atoms with Gasteiger partial charge < -0.3 is 15.4 Å². The minimum atomic E-state index is -0.544. The Balaban J connectivity index is 2.04. The van der Waals surface area contributed by atoms with E-state index in [-0.39, 0.29) is 18.6 Å². The molecule has 1 aromatic carbocycles. The van der Waals surface area contributed by atoms with Gasteiger partial charge in [0, 0.05) is 24.2 Å². The fourth-order valence-electron chi connectivity index (χ4n) is 1.83. The zero-order valence-corrected chi connectivity index (χ0v) is 13.2. The Bertz CT molecular complexity index is 641. The maximum absolute atomic E-state index is 12.4. The lowest BCUT2D eigenvalue weighted by Gasteiger charge is -2.23. The van der Waals surface area contributed by atoms with E-state index in [1.54, 1.807) is 42.4 Å². The Morgan fingerprint density at radius 1 is 1.36 bits per heavy atom. The number of aromatic nitrogens is 1. The predicted molar refractivity (Wildman–Crippen MR) is 83.8 cm³/mol. The second-order valence-corrected chi connectivity index (χ2v) is 5.67. The highest BCUT2D eigenvalue weighted by Crippen LogP contribution is 2.23. The molecule has 0 bridgehead atoms. The third-order valence-electron chi connectivity index (χ3n) is 3.19. The maximum Gasteiger partial charge on any atom is 0.255 e. The molecule has 1 heterocycles. The first kappa shape index (κ1) is 16.0. The van der Waals surface area contributed by atoms with Gasteiger partial charge in [0.25, 0.3) is 11.8 Å². The largest absolute Gasteiger partial charge is 0.484 e. The van der Waals surface area contributed by atoms with Crippen LogP contribution in [0.3, 0.4) is 0 Å². The molecule has 2 N–H and O–H groups in total. The minimum absolute atomic E-state index is 0.0988. The molecule has 0 aliphatic heterocycles. The van der Waals surface area contributed by atoms with Gasteiger partial charge in [-0.05, 0) is 31.2 Å². The summed E-state index contributed by atoms with van der Waals surface area (Å²) in [6, 6.07) is 6.49. The molecule has 6 nitrogen and oxygen atoms in total. The highest BCUT2D eigenvalue weighted by Gasteiger charge is 2.20. The molecule has 7 heteroatoms. The quantitative estimate of drug-likeness (QED) is 0.880. The van der Waals surface area contributed by atoms with Crippen molar-refractivity contribution in [3.8, 4) is 5.75 Å². The molecular weight excluding hydrogens is 302 g/mol. The first-order chi connectivity index (χ1) is 10.5. The van der Waals surface area contributed by atoms with Gasteiger partial charge in [-0.3, -0.25) is 9.59 Å². The number of carbonyl (C=O) groups is 2. The van der Waals surface area contributed by atoms with Crippen molar-refractivity contribution in [2.75, 3.05) is 13.7 Å². The minimum Gasteiger partial charge on any atom is -0.484 e. The van der Waals surface area contributed by atoms with E-state index in [4.69, 9.17) is 10.5 Å². The topological polar surface area (TPSA) is 85.5 Å². The molecule has 1 atom stereocenters. The monoisotopic (exact) mass is 319 g/mol. The number of primary amides is 1. The molecule has 2 aromatic rings. The average molecular weight is 319 g/mol. The van der Waals surface area contributed by atoms with Gasteiger partial charge in [-0.25, -0.2) is 4.98 Å². The molecule has 2 rings (SSSR count). The zero-order valence-electron chi connectivity index (χ0n) is 12.4. The van der Waals surface area contributed by atoms with Crippen molar-refractivity contribution in [2.24, 2.45) is 5.73 Å². The van der Waals surface area contributed by atoms with Crippen molar-refractivity contribution in [1.82, 2.24) is 9.88 Å². The smallest absolute Gasteiger partial charge is 0.255 e. The maximum atomic E-state index is 12.4. The molecule has 0 aliphatic rings. The highest BCUT2D eigenvalue weighted by molar-refractivity contribution is 7.09. The van der Waals surface area contributed by atoms with Crippen LogP contribution in [0.5, 0.6) is 5.75 Å². The Morgan fingerprint density at radius 2 is 2.05 bits per heavy atom. The number of ether oxygens (including phenoxy) is 1. The van der Waals surface area contributed by atoms with Gasteiger partial charge in [0.15, 0.2) is 6.61 Å². The summed E-state index contributed by atoms with van der Waals surface area (Å²) in [5, 5.41) is 2.77. The van der Waals surface area contributed by atoms with Gasteiger partial charge in [0.05, 0.1) is 6.04 Å². The van der Waals surface area contributed by atoms with Gasteiger partial charge >= 0.3 is 0 Å². The molecule has 0 saturated carbocycles. The highest BCUT2D eigenvalue weighted by atomic mass is 32.1. The Morgan fingerprint density at radius 3 is 2.59 bits per heavy atom. The van der Waals surface area contributed by atoms with Crippen LogP contribution in [0.25, 0.3) is 0 Å². The third-order valence-corrected chi connectivity index (χ3v) is 4.14. The molecule has 0 fully saturated rings. The molecule has 22 heavy (non-hydrogen) atoms. The predicted octanol–water partition coefficient (Wildman–Crippen LogP) is 1.84. The van der Waals surface area contributed by atoms with E-state index in [9.17, 15) is 9.59 Å². The summed E-state index contributed by atoms with van der Waals surface area (Å²) in [6.45, 7) is 1.75. The van der Waals surface area contributed by atoms with E-state index in [2.05, 4.69) is 4.98 Å². The van der Waals surface area contributed by atoms with Crippen LogP contribution in [-0.2, 0) is 4.79 Å². The summed E-state index contributed by atoms with van der Waals surface area (Å²) >= 11 is 1.51. The van der Waals surface area contributed by atoms with Crippen molar-refractivity contribution in [1.29, 1.82) is 0 Å². The molecule has 0 radical (unpaired) electrons. The number of hydrogen-bond donors (Lipinski definition) is 1. The summed E-state index contributed by atoms with van der Waals surface area (Å²) in [5.41, 5.74) is 5.55. The molecule has 1 aromatic heterocycles. The van der Waals surface area contributed by atoms with E-state index in [0.717, 1.165) is 5.01 Å². The summed E-state index contributed by atoms with van der Waals surface area (Å²) in [4.78, 5) is 29.0. The number of nitrogens with zero attached hydrogens (tertiary/aromatic N) is 2. The van der Waals surface area contributed by atoms with Gasteiger partial charge in [0.1, 0.15) is 10.8 Å². The molecule has 2 amide bonds. The Hall–Kier alpha value is -2.41. The normalized spacial score (nSPS) is 11.7. The van der Waals surface area contributed by atoms with Crippen LogP contribution in [0.1, 0.15) is 28.3 Å². The van der Waals surface area contributed by atoms with Crippen molar-refractivity contribution in [2.45, 2.75) is 13.0 Å². The van der Waals surface area contributed by atoms with E-state index >= 15 is 0 Å². The third kappa shape index (κ3) is 3.82. The lowest BCUT2D eigenvalue weighted by atomic mass is 10.1. The molecule has 0 saturated heterocycles. The first-order valence-electron chi connectivity index (χ1n) is 6.66. The lowest BCUT2D eigenvalue weighted by Crippen LogP contribution is -2.29. The number of amides is 2. The van der Waals surface area contributed by atoms with Crippen molar-refractivity contribution < 1.29 is 14.3 Å². The van der Waals surface area contributed by atoms with Gasteiger partial charge in [-0.2, -0.15) is 0 Å². The number of benzene rings is 1. The summed E-state index contributed by atoms with van der Waals surface area (Å²) in [6.07, 6.45) is 1.72. The molecule has 0 spiro atoms. The van der Waals surface area contributed by atoms with Gasteiger partial charge in [-0.15, -0.1) is 11.3 Å². The van der Waals surface area contributed by atoms with Gasteiger partial charge in [-0.1, -0.05) is 0 Å². The Kier molecular flexibility index (Phi) is 5.11. The van der Waals surface area contributed by atoms with Crippen LogP contribution in [-0.4, -0.2) is 35.4 Å². The van der Waals surface area contributed by atoms with E-state index in [0.29, 0.717) is 11.3 Å². The SMILES string of the molecule is C[C@H](c1nccs1)N(C)C(=O)c1ccc(OCC(N)=O)cc1. The fraction of sp³-hybridized carbons (Fsp3) is 0.267. The number of nitrogens with two attached hydrogens (primary N) is 1. The standard InChI is InChI=1S/C15H17N3O3S/c1-10(14-17-7-8-22-14)18(2)15(20)11-3-5-12(6-4-11)21-9-13(16)19/h3-8,10H,9H2,1-2H3,(H2,16,19)/t10-/m1/s1. The first-order valence-corrected chi connectivity index (χ1v) is 7.54. The lowest BCUT2D eigenvalue weighted by molar-refractivity contribution is -0.119. The van der Waals surface area contributed by atoms with E-state index in [1.165, 1.54) is 11.3 Å². The summed E-state index contributed by atoms with van der Waals surface area (Å²) < 4.78 is 5.16. The van der Waals surface area contributed by atoms with Crippen molar-refractivity contribution >= 4 is 23.2 Å². The van der Waals surface area contributed by atoms with Crippen LogP contribution in [0.2, 0.25) is 0 Å². The molecular formula is C15H17N3O3S. The van der Waals surface area contributed by atoms with Crippen LogP contribution >= 0.6 is 11.3 Å². The second-order valence-electron chi connectivity index (χ2n) is 4.74. The molecule has 116 valence electrons. The fourth-order valence-corrected chi connectivity index (χ4v) is 2.57. The van der Waals surface area contributed by atoms with Crippen LogP contribution < -0.4 is 10.5 Å². The summed E-state index contributed by atoms with van der Waals surface area (Å²) in [7, 11) is 1.74. The van der Waals surface area contributed by atoms with E-state index < -0.39 is 5.91 Å². The number of rotatable bonds is 6. The zero-order chi connectivity index (χ0) is 16.1. The van der Waals surface area contributed by atoms with Crippen LogP contribution in [0.4, 0.5) is 0 Å². The molecule has 0 unspecified atom stereocenters.